The Bertz CT molecular complexity index is 1110. The van der Waals surface area contributed by atoms with Crippen molar-refractivity contribution in [2.45, 2.75) is 96.6 Å². The summed E-state index contributed by atoms with van der Waals surface area (Å²) in [6, 6.07) is 7.68. The number of allylic oxidation sites excluding steroid dienone is 1. The summed E-state index contributed by atoms with van der Waals surface area (Å²) in [5, 5.41) is 3.42. The Labute approximate surface area is 222 Å². The van der Waals surface area contributed by atoms with Crippen molar-refractivity contribution < 1.29 is 14.3 Å². The van der Waals surface area contributed by atoms with Gasteiger partial charge < -0.3 is 15.8 Å². The van der Waals surface area contributed by atoms with Gasteiger partial charge in [-0.1, -0.05) is 37.6 Å². The second-order valence-corrected chi connectivity index (χ2v) is 13.3. The number of anilines is 1. The van der Waals surface area contributed by atoms with Gasteiger partial charge in [-0.3, -0.25) is 9.59 Å². The molecule has 37 heavy (non-hydrogen) atoms. The zero-order chi connectivity index (χ0) is 25.9. The van der Waals surface area contributed by atoms with Crippen LogP contribution in [0.15, 0.2) is 35.9 Å². The largest absolute Gasteiger partial charge is 0.457 e. The third-order valence-corrected chi connectivity index (χ3v) is 11.6. The summed E-state index contributed by atoms with van der Waals surface area (Å²) in [7, 11) is 0. The van der Waals surface area contributed by atoms with Crippen LogP contribution in [0.2, 0.25) is 0 Å². The van der Waals surface area contributed by atoms with Gasteiger partial charge in [0.15, 0.2) is 0 Å². The summed E-state index contributed by atoms with van der Waals surface area (Å²) < 4.78 is 6.01. The van der Waals surface area contributed by atoms with Crippen LogP contribution in [-0.4, -0.2) is 30.4 Å². The van der Waals surface area contributed by atoms with Crippen molar-refractivity contribution in [2.24, 2.45) is 40.2 Å². The summed E-state index contributed by atoms with van der Waals surface area (Å²) in [6.45, 7) is 7.53. The zero-order valence-electron chi connectivity index (χ0n) is 22.8. The fraction of sp³-hybridized carbons (Fsp3) is 0.688. The molecule has 200 valence electrons. The first-order valence-corrected chi connectivity index (χ1v) is 14.7. The van der Waals surface area contributed by atoms with E-state index < -0.39 is 6.04 Å². The normalized spacial score (nSPS) is 40.8. The molecule has 0 spiro atoms. The smallest absolute Gasteiger partial charge is 0.323 e. The molecule has 6 rings (SSSR count). The van der Waals surface area contributed by atoms with Gasteiger partial charge in [0.1, 0.15) is 17.9 Å². The van der Waals surface area contributed by atoms with E-state index >= 15 is 0 Å². The van der Waals surface area contributed by atoms with Crippen molar-refractivity contribution >= 4 is 17.4 Å². The monoisotopic (exact) mass is 504 g/mol. The number of carbonyl (C=O) groups excluding carboxylic acids is 2. The number of ketones is 1. The predicted molar refractivity (Wildman–Crippen MR) is 146 cm³/mol. The molecule has 4 aliphatic carbocycles. The molecular formula is C32H44N2O3. The lowest BCUT2D eigenvalue weighted by atomic mass is 9.46. The number of nitrogens with one attached hydrogen (secondary N) is 1. The fourth-order valence-electron chi connectivity index (χ4n) is 9.66. The maximum absolute atomic E-state index is 13.0. The number of carbonyl (C=O) groups is 2. The van der Waals surface area contributed by atoms with E-state index in [2.05, 4.69) is 37.4 Å². The number of nitrogens with two attached hydrogens (primary N) is 1. The maximum atomic E-state index is 13.0. The van der Waals surface area contributed by atoms with Crippen molar-refractivity contribution in [1.82, 2.24) is 0 Å². The molecular weight excluding hydrogens is 460 g/mol. The first-order valence-electron chi connectivity index (χ1n) is 14.7. The van der Waals surface area contributed by atoms with Crippen molar-refractivity contribution in [2.75, 3.05) is 11.9 Å². The molecule has 3 N–H and O–H groups in total. The average molecular weight is 505 g/mol. The molecule has 0 saturated heterocycles. The van der Waals surface area contributed by atoms with Gasteiger partial charge in [-0.25, -0.2) is 0 Å². The van der Waals surface area contributed by atoms with Gasteiger partial charge in [-0.05, 0) is 111 Å². The summed E-state index contributed by atoms with van der Waals surface area (Å²) in [6.07, 6.45) is 11.7. The first kappa shape index (κ1) is 25.2. The van der Waals surface area contributed by atoms with Gasteiger partial charge in [0.25, 0.3) is 0 Å². The lowest BCUT2D eigenvalue weighted by Crippen LogP contribution is -2.51. The zero-order valence-corrected chi connectivity index (χ0v) is 22.8. The molecule has 1 aromatic carbocycles. The molecule has 5 heteroatoms. The summed E-state index contributed by atoms with van der Waals surface area (Å²) in [5.41, 5.74) is 10.7. The predicted octanol–water partition coefficient (Wildman–Crippen LogP) is 5.99. The second kappa shape index (κ2) is 9.25. The molecule has 0 aromatic heterocycles. The van der Waals surface area contributed by atoms with Crippen LogP contribution < -0.4 is 11.1 Å². The number of fused-ring (bicyclic) bond motifs is 6. The minimum Gasteiger partial charge on any atom is -0.457 e. The van der Waals surface area contributed by atoms with Crippen LogP contribution in [0.4, 0.5) is 5.69 Å². The van der Waals surface area contributed by atoms with Crippen LogP contribution in [0.3, 0.4) is 0 Å². The number of benzene rings is 1. The SMILES string of the molecule is CC(=O)[C@H]1CC[C@H]2[C@@H]3CCC4=C[C@@H](OC(=O)[C@@H](N)CC5CNc6ccccc65)CC[C@]4(C)[C@H]3CC[C@]12C. The molecule has 3 fully saturated rings. The van der Waals surface area contributed by atoms with Gasteiger partial charge in [-0.15, -0.1) is 0 Å². The molecule has 0 amide bonds. The van der Waals surface area contributed by atoms with Gasteiger partial charge >= 0.3 is 5.97 Å². The van der Waals surface area contributed by atoms with Crippen LogP contribution >= 0.6 is 0 Å². The van der Waals surface area contributed by atoms with Gasteiger partial charge in [0.2, 0.25) is 0 Å². The summed E-state index contributed by atoms with van der Waals surface area (Å²) in [5.74, 6) is 2.74. The molecule has 1 aliphatic heterocycles. The van der Waals surface area contributed by atoms with E-state index in [0.717, 1.165) is 43.8 Å². The Morgan fingerprint density at radius 2 is 1.89 bits per heavy atom. The minimum atomic E-state index is -0.604. The van der Waals surface area contributed by atoms with E-state index in [-0.39, 0.29) is 34.7 Å². The molecule has 1 heterocycles. The number of para-hydroxylation sites is 1. The number of hydrogen-bond acceptors (Lipinski definition) is 5. The van der Waals surface area contributed by atoms with E-state index in [1.807, 2.05) is 19.1 Å². The Balaban J connectivity index is 1.11. The van der Waals surface area contributed by atoms with Crippen LogP contribution in [-0.2, 0) is 14.3 Å². The Morgan fingerprint density at radius 1 is 1.08 bits per heavy atom. The summed E-state index contributed by atoms with van der Waals surface area (Å²) in [4.78, 5) is 25.4. The third-order valence-electron chi connectivity index (χ3n) is 11.6. The molecule has 9 atom stereocenters. The third kappa shape index (κ3) is 4.07. The maximum Gasteiger partial charge on any atom is 0.323 e. The highest BCUT2D eigenvalue weighted by molar-refractivity contribution is 5.79. The number of esters is 1. The Hall–Kier alpha value is -2.14. The number of Topliss-reactive ketones (excluding diaryl/α,β-unsaturated/α-hetero) is 1. The van der Waals surface area contributed by atoms with Crippen molar-refractivity contribution in [3.8, 4) is 0 Å². The van der Waals surface area contributed by atoms with Gasteiger partial charge in [-0.2, -0.15) is 0 Å². The average Bonchev–Trinajstić information content (AvgIpc) is 3.45. The van der Waals surface area contributed by atoms with E-state index in [4.69, 9.17) is 10.5 Å². The van der Waals surface area contributed by atoms with E-state index in [1.54, 1.807) is 0 Å². The lowest BCUT2D eigenvalue weighted by Gasteiger charge is -2.58. The first-order chi connectivity index (χ1) is 17.7. The molecule has 0 radical (unpaired) electrons. The van der Waals surface area contributed by atoms with Crippen LogP contribution in [0.1, 0.15) is 90.0 Å². The lowest BCUT2D eigenvalue weighted by molar-refractivity contribution is -0.150. The van der Waals surface area contributed by atoms with Crippen LogP contribution in [0.5, 0.6) is 0 Å². The van der Waals surface area contributed by atoms with Crippen LogP contribution in [0.25, 0.3) is 0 Å². The van der Waals surface area contributed by atoms with Crippen molar-refractivity contribution in [3.05, 3.63) is 41.5 Å². The minimum absolute atomic E-state index is 0.158. The number of rotatable bonds is 5. The second-order valence-electron chi connectivity index (χ2n) is 13.3. The van der Waals surface area contributed by atoms with E-state index in [0.29, 0.717) is 24.0 Å². The Kier molecular flexibility index (Phi) is 6.29. The van der Waals surface area contributed by atoms with Gasteiger partial charge in [0.05, 0.1) is 0 Å². The van der Waals surface area contributed by atoms with E-state index in [9.17, 15) is 9.59 Å². The molecule has 1 unspecified atom stereocenters. The summed E-state index contributed by atoms with van der Waals surface area (Å²) >= 11 is 0. The number of hydrogen-bond donors (Lipinski definition) is 2. The standard InChI is InChI=1S/C32H44N2O3/c1-19(35)25-10-11-26-24-9-8-21-17-22(12-14-31(21,2)27(24)13-15-32(25,26)3)37-30(36)28(33)16-20-18-34-29-7-5-4-6-23(20)29/h4-7,17,20,22,24-28,34H,8-16,18,33H2,1-3H3/t20?,22-,24-,25+,26-,27-,28-,31-,32+/m0/s1. The highest BCUT2D eigenvalue weighted by atomic mass is 16.5. The topological polar surface area (TPSA) is 81.4 Å². The van der Waals surface area contributed by atoms with Crippen LogP contribution in [0, 0.1) is 34.5 Å². The van der Waals surface area contributed by atoms with E-state index in [1.165, 1.54) is 36.8 Å². The highest BCUT2D eigenvalue weighted by Gasteiger charge is 2.59. The fourth-order valence-corrected chi connectivity index (χ4v) is 9.66. The molecule has 0 bridgehead atoms. The van der Waals surface area contributed by atoms with Gasteiger partial charge in [0, 0.05) is 24.1 Å². The molecule has 3 saturated carbocycles. The van der Waals surface area contributed by atoms with Crippen molar-refractivity contribution in [3.63, 3.8) is 0 Å². The molecule has 5 nitrogen and oxygen atoms in total. The molecule has 1 aromatic rings. The highest BCUT2D eigenvalue weighted by Crippen LogP contribution is 2.66. The quantitative estimate of drug-likeness (QED) is 0.380. The number of ether oxygens (including phenoxy) is 1. The molecule has 5 aliphatic rings. The Morgan fingerprint density at radius 3 is 2.70 bits per heavy atom. The van der Waals surface area contributed by atoms with Crippen molar-refractivity contribution in [1.29, 1.82) is 0 Å².